The van der Waals surface area contributed by atoms with Crippen LogP contribution in [0, 0.1) is 6.92 Å². The molecule has 1 aromatic rings. The molecule has 1 aromatic heterocycles. The maximum absolute atomic E-state index is 3.70. The number of thiophene rings is 1. The number of hydrogen-bond donors (Lipinski definition) is 1. The third-order valence-electron chi connectivity index (χ3n) is 2.02. The van der Waals surface area contributed by atoms with Gasteiger partial charge in [-0.1, -0.05) is 6.08 Å². The van der Waals surface area contributed by atoms with Crippen molar-refractivity contribution < 1.29 is 0 Å². The summed E-state index contributed by atoms with van der Waals surface area (Å²) < 4.78 is 0. The lowest BCUT2D eigenvalue weighted by Crippen LogP contribution is -2.14. The third-order valence-corrected chi connectivity index (χ3v) is 3.04. The monoisotopic (exact) mass is 195 g/mol. The zero-order valence-electron chi connectivity index (χ0n) is 8.18. The molecule has 0 aliphatic carbocycles. The Labute approximate surface area is 84.5 Å². The van der Waals surface area contributed by atoms with Gasteiger partial charge in [-0.25, -0.2) is 0 Å². The lowest BCUT2D eigenvalue weighted by atomic mass is 10.3. The van der Waals surface area contributed by atoms with Gasteiger partial charge >= 0.3 is 0 Å². The molecule has 1 N–H and O–H groups in total. The molecule has 0 aliphatic rings. The number of allylic oxidation sites excluding steroid dienone is 1. The van der Waals surface area contributed by atoms with E-state index in [0.717, 1.165) is 19.5 Å². The topological polar surface area (TPSA) is 12.0 Å². The lowest BCUT2D eigenvalue weighted by Gasteiger charge is -2.02. The summed E-state index contributed by atoms with van der Waals surface area (Å²) in [5.41, 5.74) is 1.40. The van der Waals surface area contributed by atoms with Gasteiger partial charge in [0.25, 0.3) is 0 Å². The molecule has 0 aliphatic heterocycles. The SMILES string of the molecule is C=CCCCNCc1sccc1C. The van der Waals surface area contributed by atoms with Crippen LogP contribution in [0.25, 0.3) is 0 Å². The van der Waals surface area contributed by atoms with Gasteiger partial charge in [0, 0.05) is 11.4 Å². The first-order valence-electron chi connectivity index (χ1n) is 4.69. The van der Waals surface area contributed by atoms with Crippen LogP contribution in [0.3, 0.4) is 0 Å². The van der Waals surface area contributed by atoms with E-state index in [9.17, 15) is 0 Å². The molecule has 0 radical (unpaired) electrons. The van der Waals surface area contributed by atoms with Crippen LogP contribution in [0.5, 0.6) is 0 Å². The van der Waals surface area contributed by atoms with E-state index in [2.05, 4.69) is 30.3 Å². The van der Waals surface area contributed by atoms with Crippen molar-refractivity contribution in [3.8, 4) is 0 Å². The number of rotatable bonds is 6. The fraction of sp³-hybridized carbons (Fsp3) is 0.455. The van der Waals surface area contributed by atoms with Gasteiger partial charge in [-0.3, -0.25) is 0 Å². The zero-order valence-corrected chi connectivity index (χ0v) is 8.99. The highest BCUT2D eigenvalue weighted by Gasteiger charge is 1.97. The van der Waals surface area contributed by atoms with Crippen LogP contribution in [0.1, 0.15) is 23.3 Å². The molecule has 0 saturated heterocycles. The Hall–Kier alpha value is -0.600. The van der Waals surface area contributed by atoms with E-state index in [-0.39, 0.29) is 0 Å². The Morgan fingerprint density at radius 3 is 3.08 bits per heavy atom. The van der Waals surface area contributed by atoms with Crippen molar-refractivity contribution in [1.82, 2.24) is 5.32 Å². The summed E-state index contributed by atoms with van der Waals surface area (Å²) in [6, 6.07) is 2.17. The average molecular weight is 195 g/mol. The second-order valence-electron chi connectivity index (χ2n) is 3.13. The van der Waals surface area contributed by atoms with E-state index >= 15 is 0 Å². The summed E-state index contributed by atoms with van der Waals surface area (Å²) in [6.07, 6.45) is 4.27. The maximum atomic E-state index is 3.70. The smallest absolute Gasteiger partial charge is 0.0302 e. The molecule has 0 spiro atoms. The van der Waals surface area contributed by atoms with Gasteiger partial charge in [0.1, 0.15) is 0 Å². The van der Waals surface area contributed by atoms with Crippen molar-refractivity contribution in [1.29, 1.82) is 0 Å². The standard InChI is InChI=1S/C11H17NS/c1-3-4-5-7-12-9-11-10(2)6-8-13-11/h3,6,8,12H,1,4-5,7,9H2,2H3. The van der Waals surface area contributed by atoms with E-state index in [4.69, 9.17) is 0 Å². The summed E-state index contributed by atoms with van der Waals surface area (Å²) in [5.74, 6) is 0. The van der Waals surface area contributed by atoms with Gasteiger partial charge < -0.3 is 5.32 Å². The maximum Gasteiger partial charge on any atom is 0.0302 e. The first kappa shape index (κ1) is 10.5. The van der Waals surface area contributed by atoms with Crippen LogP contribution in [0.2, 0.25) is 0 Å². The Bertz CT molecular complexity index is 252. The van der Waals surface area contributed by atoms with E-state index < -0.39 is 0 Å². The van der Waals surface area contributed by atoms with Crippen LogP contribution < -0.4 is 5.32 Å². The molecule has 0 aromatic carbocycles. The zero-order chi connectivity index (χ0) is 9.52. The Morgan fingerprint density at radius 1 is 1.62 bits per heavy atom. The highest BCUT2D eigenvalue weighted by Crippen LogP contribution is 2.14. The van der Waals surface area contributed by atoms with Gasteiger partial charge in [0.2, 0.25) is 0 Å². The molecule has 0 unspecified atom stereocenters. The third kappa shape index (κ3) is 3.75. The number of hydrogen-bond acceptors (Lipinski definition) is 2. The van der Waals surface area contributed by atoms with Crippen molar-refractivity contribution in [3.05, 3.63) is 34.5 Å². The molecular formula is C11H17NS. The Balaban J connectivity index is 2.13. The second kappa shape index (κ2) is 5.95. The first-order valence-corrected chi connectivity index (χ1v) is 5.57. The molecule has 72 valence electrons. The Morgan fingerprint density at radius 2 is 2.46 bits per heavy atom. The normalized spacial score (nSPS) is 10.2. The van der Waals surface area contributed by atoms with Crippen molar-refractivity contribution in [3.63, 3.8) is 0 Å². The molecule has 2 heteroatoms. The van der Waals surface area contributed by atoms with Crippen LogP contribution in [-0.2, 0) is 6.54 Å². The van der Waals surface area contributed by atoms with Gasteiger partial charge in [-0.15, -0.1) is 17.9 Å². The summed E-state index contributed by atoms with van der Waals surface area (Å²) in [6.45, 7) is 7.96. The molecular weight excluding hydrogens is 178 g/mol. The molecule has 1 nitrogen and oxygen atoms in total. The minimum Gasteiger partial charge on any atom is -0.312 e. The van der Waals surface area contributed by atoms with Gasteiger partial charge in [0.15, 0.2) is 0 Å². The van der Waals surface area contributed by atoms with Crippen LogP contribution in [0.4, 0.5) is 0 Å². The molecule has 0 amide bonds. The van der Waals surface area contributed by atoms with Gasteiger partial charge in [-0.2, -0.15) is 0 Å². The van der Waals surface area contributed by atoms with E-state index in [1.807, 2.05) is 17.4 Å². The second-order valence-corrected chi connectivity index (χ2v) is 4.14. The van der Waals surface area contributed by atoms with E-state index in [1.54, 1.807) is 0 Å². The minimum atomic E-state index is 1.01. The molecule has 13 heavy (non-hydrogen) atoms. The average Bonchev–Trinajstić information content (AvgIpc) is 2.52. The highest BCUT2D eigenvalue weighted by molar-refractivity contribution is 7.10. The Kier molecular flexibility index (Phi) is 4.79. The summed E-state index contributed by atoms with van der Waals surface area (Å²) in [7, 11) is 0. The first-order chi connectivity index (χ1) is 6.34. The number of unbranched alkanes of at least 4 members (excludes halogenated alkanes) is 1. The fourth-order valence-corrected chi connectivity index (χ4v) is 2.03. The van der Waals surface area contributed by atoms with Crippen molar-refractivity contribution in [2.75, 3.05) is 6.54 Å². The largest absolute Gasteiger partial charge is 0.312 e. The predicted octanol–water partition coefficient (Wildman–Crippen LogP) is 3.11. The van der Waals surface area contributed by atoms with E-state index in [1.165, 1.54) is 16.9 Å². The molecule has 1 rings (SSSR count). The minimum absolute atomic E-state index is 1.01. The summed E-state index contributed by atoms with van der Waals surface area (Å²) in [4.78, 5) is 1.46. The fourth-order valence-electron chi connectivity index (χ4n) is 1.16. The van der Waals surface area contributed by atoms with Gasteiger partial charge in [0.05, 0.1) is 0 Å². The molecule has 0 bridgehead atoms. The van der Waals surface area contributed by atoms with Gasteiger partial charge in [-0.05, 0) is 43.3 Å². The molecule has 0 atom stereocenters. The molecule has 0 saturated carbocycles. The van der Waals surface area contributed by atoms with Crippen molar-refractivity contribution >= 4 is 11.3 Å². The van der Waals surface area contributed by atoms with Crippen molar-refractivity contribution in [2.45, 2.75) is 26.3 Å². The quantitative estimate of drug-likeness (QED) is 0.543. The van der Waals surface area contributed by atoms with Crippen LogP contribution >= 0.6 is 11.3 Å². The number of aryl methyl sites for hydroxylation is 1. The van der Waals surface area contributed by atoms with Crippen molar-refractivity contribution in [2.24, 2.45) is 0 Å². The molecule has 0 fully saturated rings. The molecule has 1 heterocycles. The van der Waals surface area contributed by atoms with Crippen LogP contribution in [-0.4, -0.2) is 6.54 Å². The predicted molar refractivity (Wildman–Crippen MR) is 60.2 cm³/mol. The summed E-state index contributed by atoms with van der Waals surface area (Å²) in [5, 5.41) is 5.57. The lowest BCUT2D eigenvalue weighted by molar-refractivity contribution is 0.659. The van der Waals surface area contributed by atoms with Crippen LogP contribution in [0.15, 0.2) is 24.1 Å². The summed E-state index contributed by atoms with van der Waals surface area (Å²) >= 11 is 1.83. The van der Waals surface area contributed by atoms with E-state index in [0.29, 0.717) is 0 Å². The number of nitrogens with one attached hydrogen (secondary N) is 1. The highest BCUT2D eigenvalue weighted by atomic mass is 32.1.